The number of nitrogens with zero attached hydrogens (tertiary/aromatic N) is 1. The first kappa shape index (κ1) is 11.7. The first-order valence-electron chi connectivity index (χ1n) is 6.22. The second-order valence-electron chi connectivity index (χ2n) is 4.54. The van der Waals surface area contributed by atoms with Crippen molar-refractivity contribution in [2.45, 2.75) is 51.0 Å². The van der Waals surface area contributed by atoms with E-state index in [0.717, 1.165) is 10.7 Å². The molecule has 1 aromatic heterocycles. The highest BCUT2D eigenvalue weighted by molar-refractivity contribution is 6.33. The summed E-state index contributed by atoms with van der Waals surface area (Å²) in [5, 5.41) is 4.27. The van der Waals surface area contributed by atoms with Crippen molar-refractivity contribution >= 4 is 17.3 Å². The minimum atomic E-state index is 0.584. The van der Waals surface area contributed by atoms with E-state index in [0.29, 0.717) is 6.04 Å². The molecule has 1 aliphatic rings. The maximum absolute atomic E-state index is 6.09. The van der Waals surface area contributed by atoms with Crippen LogP contribution in [-0.2, 0) is 0 Å². The van der Waals surface area contributed by atoms with Gasteiger partial charge >= 0.3 is 0 Å². The molecule has 0 atom stereocenters. The van der Waals surface area contributed by atoms with Crippen LogP contribution in [-0.4, -0.2) is 11.0 Å². The van der Waals surface area contributed by atoms with E-state index < -0.39 is 0 Å². The fourth-order valence-electron chi connectivity index (χ4n) is 2.31. The third-order valence-corrected chi connectivity index (χ3v) is 3.54. The Morgan fingerprint density at radius 1 is 1.12 bits per heavy atom. The Morgan fingerprint density at radius 3 is 2.50 bits per heavy atom. The van der Waals surface area contributed by atoms with Crippen LogP contribution in [0.3, 0.4) is 0 Å². The Kier molecular flexibility index (Phi) is 4.46. The second kappa shape index (κ2) is 6.09. The molecule has 88 valence electrons. The Balaban J connectivity index is 1.94. The van der Waals surface area contributed by atoms with Crippen LogP contribution >= 0.6 is 11.6 Å². The van der Waals surface area contributed by atoms with Gasteiger partial charge in [-0.05, 0) is 18.9 Å². The molecule has 1 heterocycles. The smallest absolute Gasteiger partial charge is 0.0820 e. The van der Waals surface area contributed by atoms with E-state index in [1.54, 1.807) is 12.4 Å². The Hall–Kier alpha value is -0.760. The minimum Gasteiger partial charge on any atom is -0.381 e. The van der Waals surface area contributed by atoms with Crippen LogP contribution in [0.4, 0.5) is 5.69 Å². The maximum atomic E-state index is 6.09. The summed E-state index contributed by atoms with van der Waals surface area (Å²) < 4.78 is 0. The van der Waals surface area contributed by atoms with Crippen LogP contribution in [0.25, 0.3) is 0 Å². The highest BCUT2D eigenvalue weighted by atomic mass is 35.5. The van der Waals surface area contributed by atoms with Gasteiger partial charge in [0.2, 0.25) is 0 Å². The second-order valence-corrected chi connectivity index (χ2v) is 4.95. The largest absolute Gasteiger partial charge is 0.381 e. The molecule has 1 N–H and O–H groups in total. The molecule has 2 nitrogen and oxygen atoms in total. The van der Waals surface area contributed by atoms with Crippen molar-refractivity contribution in [2.24, 2.45) is 0 Å². The zero-order valence-corrected chi connectivity index (χ0v) is 10.3. The average molecular weight is 239 g/mol. The molecule has 1 aliphatic carbocycles. The van der Waals surface area contributed by atoms with Crippen molar-refractivity contribution in [1.82, 2.24) is 4.98 Å². The standard InChI is InChI=1S/C13H19ClN2/c14-12-10-15-9-8-13(12)16-11-6-4-2-1-3-5-7-11/h8-11H,1-7H2,(H,15,16). The molecule has 16 heavy (non-hydrogen) atoms. The molecular formula is C13H19ClN2. The number of rotatable bonds is 2. The van der Waals surface area contributed by atoms with E-state index in [1.165, 1.54) is 44.9 Å². The topological polar surface area (TPSA) is 24.9 Å². The van der Waals surface area contributed by atoms with Gasteiger partial charge in [0, 0.05) is 18.4 Å². The summed E-state index contributed by atoms with van der Waals surface area (Å²) in [6.07, 6.45) is 12.8. The molecule has 0 aromatic carbocycles. The summed E-state index contributed by atoms with van der Waals surface area (Å²) in [6.45, 7) is 0. The van der Waals surface area contributed by atoms with Gasteiger partial charge < -0.3 is 5.32 Å². The zero-order valence-electron chi connectivity index (χ0n) is 9.58. The van der Waals surface area contributed by atoms with Crippen molar-refractivity contribution in [2.75, 3.05) is 5.32 Å². The number of halogens is 1. The third-order valence-electron chi connectivity index (χ3n) is 3.24. The molecule has 1 fully saturated rings. The Morgan fingerprint density at radius 2 is 1.81 bits per heavy atom. The summed E-state index contributed by atoms with van der Waals surface area (Å²) in [7, 11) is 0. The van der Waals surface area contributed by atoms with E-state index in [1.807, 2.05) is 6.07 Å². The van der Waals surface area contributed by atoms with Crippen molar-refractivity contribution in [1.29, 1.82) is 0 Å². The van der Waals surface area contributed by atoms with Crippen molar-refractivity contribution < 1.29 is 0 Å². The summed E-state index contributed by atoms with van der Waals surface area (Å²) >= 11 is 6.09. The SMILES string of the molecule is Clc1cnccc1NC1CCCCCCC1. The number of aromatic nitrogens is 1. The third kappa shape index (κ3) is 3.38. The molecule has 0 unspecified atom stereocenters. The van der Waals surface area contributed by atoms with Gasteiger partial charge in [-0.3, -0.25) is 4.98 Å². The number of nitrogens with one attached hydrogen (secondary N) is 1. The van der Waals surface area contributed by atoms with Gasteiger partial charge in [0.05, 0.1) is 10.7 Å². The molecule has 1 aromatic rings. The van der Waals surface area contributed by atoms with E-state index in [2.05, 4.69) is 10.3 Å². The molecule has 0 radical (unpaired) electrons. The molecule has 0 bridgehead atoms. The summed E-state index contributed by atoms with van der Waals surface area (Å²) in [6, 6.07) is 2.54. The highest BCUT2D eigenvalue weighted by Crippen LogP contribution is 2.24. The first-order chi connectivity index (χ1) is 7.86. The number of anilines is 1. The van der Waals surface area contributed by atoms with E-state index in [-0.39, 0.29) is 0 Å². The van der Waals surface area contributed by atoms with Gasteiger partial charge in [-0.2, -0.15) is 0 Å². The lowest BCUT2D eigenvalue weighted by Gasteiger charge is -2.22. The lowest BCUT2D eigenvalue weighted by molar-refractivity contribution is 0.471. The van der Waals surface area contributed by atoms with E-state index in [4.69, 9.17) is 11.6 Å². The predicted molar refractivity (Wildman–Crippen MR) is 69.0 cm³/mol. The molecule has 0 amide bonds. The first-order valence-corrected chi connectivity index (χ1v) is 6.60. The van der Waals surface area contributed by atoms with E-state index in [9.17, 15) is 0 Å². The van der Waals surface area contributed by atoms with Crippen LogP contribution in [0.15, 0.2) is 18.5 Å². The molecule has 2 rings (SSSR count). The summed E-state index contributed by atoms with van der Waals surface area (Å²) in [5.74, 6) is 0. The normalized spacial score (nSPS) is 18.8. The van der Waals surface area contributed by atoms with Gasteiger partial charge in [-0.25, -0.2) is 0 Å². The number of hydrogen-bond acceptors (Lipinski definition) is 2. The Bertz CT molecular complexity index is 319. The van der Waals surface area contributed by atoms with Crippen LogP contribution in [0.2, 0.25) is 5.02 Å². The average Bonchev–Trinajstić information content (AvgIpc) is 2.24. The van der Waals surface area contributed by atoms with Gasteiger partial charge in [0.15, 0.2) is 0 Å². The predicted octanol–water partition coefficient (Wildman–Crippen LogP) is 4.26. The fraction of sp³-hybridized carbons (Fsp3) is 0.615. The number of pyridine rings is 1. The summed E-state index contributed by atoms with van der Waals surface area (Å²) in [4.78, 5) is 4.00. The monoisotopic (exact) mass is 238 g/mol. The van der Waals surface area contributed by atoms with Crippen molar-refractivity contribution in [3.63, 3.8) is 0 Å². The minimum absolute atomic E-state index is 0.584. The van der Waals surface area contributed by atoms with Gasteiger partial charge in [0.25, 0.3) is 0 Å². The fourth-order valence-corrected chi connectivity index (χ4v) is 2.49. The molecule has 0 saturated heterocycles. The summed E-state index contributed by atoms with van der Waals surface area (Å²) in [5.41, 5.74) is 1.03. The van der Waals surface area contributed by atoms with Gasteiger partial charge in [0.1, 0.15) is 0 Å². The lowest BCUT2D eigenvalue weighted by Crippen LogP contribution is -2.20. The molecule has 0 aliphatic heterocycles. The molecule has 3 heteroatoms. The van der Waals surface area contributed by atoms with Crippen LogP contribution in [0.5, 0.6) is 0 Å². The van der Waals surface area contributed by atoms with Crippen LogP contribution < -0.4 is 5.32 Å². The maximum Gasteiger partial charge on any atom is 0.0820 e. The Labute approximate surface area is 102 Å². The van der Waals surface area contributed by atoms with Crippen LogP contribution in [0, 0.1) is 0 Å². The van der Waals surface area contributed by atoms with Gasteiger partial charge in [-0.1, -0.05) is 43.7 Å². The lowest BCUT2D eigenvalue weighted by atomic mass is 9.96. The van der Waals surface area contributed by atoms with Gasteiger partial charge in [-0.15, -0.1) is 0 Å². The van der Waals surface area contributed by atoms with Crippen molar-refractivity contribution in [3.05, 3.63) is 23.5 Å². The zero-order chi connectivity index (χ0) is 11.2. The number of hydrogen-bond donors (Lipinski definition) is 1. The highest BCUT2D eigenvalue weighted by Gasteiger charge is 2.12. The molecule has 0 spiro atoms. The quantitative estimate of drug-likeness (QED) is 0.833. The van der Waals surface area contributed by atoms with Crippen LogP contribution in [0.1, 0.15) is 44.9 Å². The molecule has 1 saturated carbocycles. The van der Waals surface area contributed by atoms with Crippen molar-refractivity contribution in [3.8, 4) is 0 Å². The van der Waals surface area contributed by atoms with E-state index >= 15 is 0 Å². The molecular weight excluding hydrogens is 220 g/mol.